The van der Waals surface area contributed by atoms with E-state index in [9.17, 15) is 0 Å². The first kappa shape index (κ1) is 9.66. The van der Waals surface area contributed by atoms with Crippen LogP contribution in [-0.2, 0) is 4.74 Å². The largest absolute Gasteiger partial charge is 0.408 e. The van der Waals surface area contributed by atoms with Crippen molar-refractivity contribution in [1.29, 1.82) is 0 Å². The van der Waals surface area contributed by atoms with Crippen molar-refractivity contribution >= 4 is 17.0 Å². The maximum absolute atomic E-state index is 5.62. The van der Waals surface area contributed by atoms with Gasteiger partial charge in [-0.25, -0.2) is 15.0 Å². The molecule has 0 bridgehead atoms. The fraction of sp³-hybridized carbons (Fsp3) is 0.375. The number of nitrogens with two attached hydrogens (primary N) is 1. The number of ether oxygens (including phenoxy) is 1. The molecule has 0 saturated carbocycles. The summed E-state index contributed by atoms with van der Waals surface area (Å²) < 4.78 is 6.31. The van der Waals surface area contributed by atoms with Gasteiger partial charge in [-0.15, -0.1) is 0 Å². The van der Waals surface area contributed by atoms with Gasteiger partial charge in [0.05, 0.1) is 6.61 Å². The summed E-state index contributed by atoms with van der Waals surface area (Å²) in [5.74, 6) is 0.342. The molecule has 0 aliphatic rings. The van der Waals surface area contributed by atoms with E-state index in [2.05, 4.69) is 15.0 Å². The summed E-state index contributed by atoms with van der Waals surface area (Å²) in [6, 6.07) is 0. The Morgan fingerprint density at radius 3 is 3.00 bits per heavy atom. The number of hydrogen-bond donors (Lipinski definition) is 1. The van der Waals surface area contributed by atoms with Crippen molar-refractivity contribution in [2.24, 2.45) is 0 Å². The highest BCUT2D eigenvalue weighted by Gasteiger charge is 2.07. The van der Waals surface area contributed by atoms with E-state index in [4.69, 9.17) is 15.3 Å². The highest BCUT2D eigenvalue weighted by Crippen LogP contribution is 2.12. The second-order valence-electron chi connectivity index (χ2n) is 2.83. The van der Waals surface area contributed by atoms with Crippen LogP contribution in [0.15, 0.2) is 12.7 Å². The fourth-order valence-electron chi connectivity index (χ4n) is 1.15. The molecule has 2 N–H and O–H groups in total. The second-order valence-corrected chi connectivity index (χ2v) is 2.83. The van der Waals surface area contributed by atoms with E-state index in [-0.39, 0.29) is 0 Å². The van der Waals surface area contributed by atoms with E-state index in [0.717, 1.165) is 0 Å². The van der Waals surface area contributed by atoms with Gasteiger partial charge in [0.2, 0.25) is 5.65 Å². The third-order valence-electron chi connectivity index (χ3n) is 1.85. The minimum absolute atomic E-state index is 0.342. The van der Waals surface area contributed by atoms with Crippen molar-refractivity contribution in [3.05, 3.63) is 12.7 Å². The molecule has 0 spiro atoms. The second kappa shape index (κ2) is 4.09. The maximum atomic E-state index is 5.62. The molecule has 0 aliphatic carbocycles. The number of nitrogen functional groups attached to an aromatic ring is 1. The number of aromatic nitrogens is 4. The summed E-state index contributed by atoms with van der Waals surface area (Å²) in [5.41, 5.74) is 6.71. The Kier molecular flexibility index (Phi) is 2.64. The minimum atomic E-state index is 0.342. The van der Waals surface area contributed by atoms with Crippen molar-refractivity contribution < 1.29 is 9.57 Å². The molecular formula is C8H11N5O2. The zero-order chi connectivity index (χ0) is 10.7. The topological polar surface area (TPSA) is 88.1 Å². The van der Waals surface area contributed by atoms with Crippen molar-refractivity contribution in [1.82, 2.24) is 19.7 Å². The van der Waals surface area contributed by atoms with Gasteiger partial charge in [-0.3, -0.25) is 0 Å². The van der Waals surface area contributed by atoms with Crippen LogP contribution in [0.2, 0.25) is 0 Å². The SMILES string of the molecule is COCCOn1cnc2c(N)ncnc21. The zero-order valence-corrected chi connectivity index (χ0v) is 8.25. The van der Waals surface area contributed by atoms with Gasteiger partial charge >= 0.3 is 0 Å². The highest BCUT2D eigenvalue weighted by atomic mass is 16.7. The molecule has 2 heterocycles. The van der Waals surface area contributed by atoms with Crippen LogP contribution in [0.4, 0.5) is 5.82 Å². The minimum Gasteiger partial charge on any atom is -0.408 e. The van der Waals surface area contributed by atoms with E-state index in [0.29, 0.717) is 30.2 Å². The van der Waals surface area contributed by atoms with Crippen molar-refractivity contribution in [2.45, 2.75) is 0 Å². The van der Waals surface area contributed by atoms with Crippen LogP contribution in [0.1, 0.15) is 0 Å². The van der Waals surface area contributed by atoms with Gasteiger partial charge in [0.15, 0.2) is 11.3 Å². The molecule has 0 saturated heterocycles. The molecule has 80 valence electrons. The van der Waals surface area contributed by atoms with Crippen LogP contribution in [0, 0.1) is 0 Å². The standard InChI is InChI=1S/C8H11N5O2/c1-14-2-3-15-13-5-12-6-7(9)10-4-11-8(6)13/h4-5H,2-3H2,1H3,(H2,9,10,11). The van der Waals surface area contributed by atoms with Crippen LogP contribution in [0.3, 0.4) is 0 Å². The molecule has 7 heteroatoms. The third kappa shape index (κ3) is 1.82. The maximum Gasteiger partial charge on any atom is 0.201 e. The Hall–Kier alpha value is -1.89. The Labute approximate surface area is 85.8 Å². The molecule has 0 amide bonds. The van der Waals surface area contributed by atoms with Gasteiger partial charge in [0.1, 0.15) is 19.3 Å². The van der Waals surface area contributed by atoms with Gasteiger partial charge in [-0.2, -0.15) is 4.73 Å². The summed E-state index contributed by atoms with van der Waals surface area (Å²) in [6.45, 7) is 0.923. The van der Waals surface area contributed by atoms with Crippen LogP contribution in [0.25, 0.3) is 11.2 Å². The number of rotatable bonds is 4. The molecule has 15 heavy (non-hydrogen) atoms. The number of anilines is 1. The quantitative estimate of drug-likeness (QED) is 0.682. The van der Waals surface area contributed by atoms with Crippen LogP contribution in [0.5, 0.6) is 0 Å². The normalized spacial score (nSPS) is 10.7. The number of hydrogen-bond acceptors (Lipinski definition) is 6. The predicted molar refractivity (Wildman–Crippen MR) is 53.1 cm³/mol. The number of imidazole rings is 1. The van der Waals surface area contributed by atoms with Crippen LogP contribution < -0.4 is 10.6 Å². The number of methoxy groups -OCH3 is 1. The van der Waals surface area contributed by atoms with Crippen LogP contribution >= 0.6 is 0 Å². The van der Waals surface area contributed by atoms with Gasteiger partial charge in [0, 0.05) is 7.11 Å². The highest BCUT2D eigenvalue weighted by molar-refractivity contribution is 5.80. The molecule has 2 aromatic rings. The van der Waals surface area contributed by atoms with Crippen molar-refractivity contribution in [3.8, 4) is 0 Å². The molecule has 0 fully saturated rings. The number of fused-ring (bicyclic) bond motifs is 1. The predicted octanol–water partition coefficient (Wildman–Crippen LogP) is -0.516. The molecule has 0 aromatic carbocycles. The van der Waals surface area contributed by atoms with E-state index in [1.54, 1.807) is 7.11 Å². The van der Waals surface area contributed by atoms with Crippen molar-refractivity contribution in [3.63, 3.8) is 0 Å². The summed E-state index contributed by atoms with van der Waals surface area (Å²) in [4.78, 5) is 17.2. The first-order valence-corrected chi connectivity index (χ1v) is 4.38. The van der Waals surface area contributed by atoms with Gasteiger partial charge in [0.25, 0.3) is 0 Å². The van der Waals surface area contributed by atoms with Crippen molar-refractivity contribution in [2.75, 3.05) is 26.1 Å². The Morgan fingerprint density at radius 2 is 2.20 bits per heavy atom. The lowest BCUT2D eigenvalue weighted by molar-refractivity contribution is 0.0623. The smallest absolute Gasteiger partial charge is 0.201 e. The molecule has 0 unspecified atom stereocenters. The molecule has 0 aliphatic heterocycles. The first-order valence-electron chi connectivity index (χ1n) is 4.38. The van der Waals surface area contributed by atoms with Gasteiger partial charge in [-0.05, 0) is 0 Å². The molecular weight excluding hydrogens is 198 g/mol. The monoisotopic (exact) mass is 209 g/mol. The van der Waals surface area contributed by atoms with E-state index >= 15 is 0 Å². The zero-order valence-electron chi connectivity index (χ0n) is 8.25. The Bertz CT molecular complexity index is 455. The van der Waals surface area contributed by atoms with E-state index in [1.807, 2.05) is 0 Å². The molecule has 0 atom stereocenters. The Morgan fingerprint density at radius 1 is 1.33 bits per heavy atom. The summed E-state index contributed by atoms with van der Waals surface area (Å²) in [5, 5.41) is 0. The first-order chi connectivity index (χ1) is 7.33. The lowest BCUT2D eigenvalue weighted by atomic mass is 10.5. The fourth-order valence-corrected chi connectivity index (χ4v) is 1.15. The van der Waals surface area contributed by atoms with Crippen LogP contribution in [-0.4, -0.2) is 40.0 Å². The Balaban J connectivity index is 2.25. The van der Waals surface area contributed by atoms with E-state index < -0.39 is 0 Å². The average molecular weight is 209 g/mol. The van der Waals surface area contributed by atoms with Gasteiger partial charge < -0.3 is 15.3 Å². The average Bonchev–Trinajstić information content (AvgIpc) is 2.64. The third-order valence-corrected chi connectivity index (χ3v) is 1.85. The molecule has 7 nitrogen and oxygen atoms in total. The lowest BCUT2D eigenvalue weighted by Crippen LogP contribution is -2.15. The molecule has 0 radical (unpaired) electrons. The summed E-state index contributed by atoms with van der Waals surface area (Å²) >= 11 is 0. The molecule has 2 rings (SSSR count). The summed E-state index contributed by atoms with van der Waals surface area (Å²) in [6.07, 6.45) is 2.88. The molecule has 2 aromatic heterocycles. The number of nitrogens with zero attached hydrogens (tertiary/aromatic N) is 4. The lowest BCUT2D eigenvalue weighted by Gasteiger charge is -2.05. The van der Waals surface area contributed by atoms with E-state index in [1.165, 1.54) is 17.4 Å². The van der Waals surface area contributed by atoms with Gasteiger partial charge in [-0.1, -0.05) is 0 Å². The summed E-state index contributed by atoms with van der Waals surface area (Å²) in [7, 11) is 1.61.